The first-order valence-electron chi connectivity index (χ1n) is 33.8. The fourth-order valence-corrected chi connectivity index (χ4v) is 13.5. The van der Waals surface area contributed by atoms with Crippen LogP contribution in [0.5, 0.6) is 34.5 Å². The average molecular weight is 1420 g/mol. The summed E-state index contributed by atoms with van der Waals surface area (Å²) in [5.74, 6) is 7.06. The molecule has 4 fully saturated rings. The number of likely N-dealkylation sites (tertiary alicyclic amines) is 3. The van der Waals surface area contributed by atoms with Crippen molar-refractivity contribution in [3.05, 3.63) is 216 Å². The predicted octanol–water partition coefficient (Wildman–Crippen LogP) is 12.1. The molecule has 3 saturated heterocycles. The SMILES string of the molecule is C=C(Cl)C(=O)N1CC(n2nc(-c3ccc(Oc4ccccc4)cc3)c(C(N)=O)c2N)CCC1C.CC#CC(=O)N1CC(n2nc(-c3ccc(Oc4ccccc4)cc3)c(C(N)=O)c2N)CCC12CC2.[C-]#[N+]C(=C)C(=O)N1CC(n2nc(-c3ccc(Oc4ccccc4)cc3)c(C(N)=O)c2N)CCC1C. The third-order valence-corrected chi connectivity index (χ3v) is 19.2. The van der Waals surface area contributed by atoms with Gasteiger partial charge in [-0.15, -0.1) is 0 Å². The molecule has 9 aromatic rings. The topological polar surface area (TPSA) is 354 Å². The molecule has 6 aromatic carbocycles. The summed E-state index contributed by atoms with van der Waals surface area (Å²) in [5.41, 5.74) is 39.6. The Morgan fingerprint density at radius 1 is 0.490 bits per heavy atom. The molecule has 3 aromatic heterocycles. The van der Waals surface area contributed by atoms with E-state index in [0.29, 0.717) is 95.0 Å². The third kappa shape index (κ3) is 15.9. The molecule has 6 amide bonds. The second-order valence-corrected chi connectivity index (χ2v) is 26.3. The lowest BCUT2D eigenvalue weighted by Gasteiger charge is -2.39. The molecule has 104 heavy (non-hydrogen) atoms. The van der Waals surface area contributed by atoms with E-state index in [9.17, 15) is 28.8 Å². The van der Waals surface area contributed by atoms with E-state index in [1.54, 1.807) is 79.3 Å². The molecular formula is C78H79ClN16O9. The van der Waals surface area contributed by atoms with Crippen LogP contribution in [0.4, 0.5) is 17.5 Å². The number of nitrogens with two attached hydrogens (primary N) is 6. The highest BCUT2D eigenvalue weighted by Crippen LogP contribution is 2.51. The number of aromatic nitrogens is 6. The maximum absolute atomic E-state index is 12.7. The predicted molar refractivity (Wildman–Crippen MR) is 396 cm³/mol. The van der Waals surface area contributed by atoms with Crippen LogP contribution >= 0.6 is 11.6 Å². The third-order valence-electron chi connectivity index (χ3n) is 19.0. The number of nitrogen functional groups attached to an aromatic ring is 3. The number of ether oxygens (including phenoxy) is 3. The lowest BCUT2D eigenvalue weighted by Crippen LogP contribution is -2.49. The van der Waals surface area contributed by atoms with Gasteiger partial charge in [-0.1, -0.05) is 85.3 Å². The summed E-state index contributed by atoms with van der Waals surface area (Å²) in [6.45, 7) is 20.8. The zero-order chi connectivity index (χ0) is 74.1. The molecule has 5 atom stereocenters. The van der Waals surface area contributed by atoms with E-state index in [-0.39, 0.29) is 92.4 Å². The van der Waals surface area contributed by atoms with Gasteiger partial charge in [0, 0.05) is 53.9 Å². The minimum Gasteiger partial charge on any atom is -0.457 e. The number of para-hydroxylation sites is 3. The van der Waals surface area contributed by atoms with Crippen LogP contribution in [0, 0.1) is 18.4 Å². The molecule has 1 spiro atoms. The van der Waals surface area contributed by atoms with Gasteiger partial charge in [-0.3, -0.25) is 28.8 Å². The smallest absolute Gasteiger partial charge is 0.298 e. The van der Waals surface area contributed by atoms with E-state index < -0.39 is 23.6 Å². The van der Waals surface area contributed by atoms with Crippen molar-refractivity contribution in [1.29, 1.82) is 0 Å². The summed E-state index contributed by atoms with van der Waals surface area (Å²) in [4.78, 5) is 83.1. The Bertz CT molecular complexity index is 4830. The van der Waals surface area contributed by atoms with Gasteiger partial charge in [0.15, 0.2) is 0 Å². The maximum atomic E-state index is 12.7. The number of amides is 6. The Balaban J connectivity index is 0.000000156. The molecular weight excluding hydrogens is 1340 g/mol. The number of nitrogens with zero attached hydrogens (tertiary/aromatic N) is 10. The van der Waals surface area contributed by atoms with E-state index in [2.05, 4.69) is 40.0 Å². The van der Waals surface area contributed by atoms with E-state index in [0.717, 1.165) is 44.3 Å². The van der Waals surface area contributed by atoms with Crippen molar-refractivity contribution in [3.63, 3.8) is 0 Å². The molecule has 1 saturated carbocycles. The van der Waals surface area contributed by atoms with Crippen molar-refractivity contribution in [3.8, 4) is 80.1 Å². The quantitative estimate of drug-likeness (QED) is 0.0280. The number of halogens is 1. The summed E-state index contributed by atoms with van der Waals surface area (Å²) >= 11 is 5.86. The van der Waals surface area contributed by atoms with Gasteiger partial charge in [0.05, 0.1) is 29.7 Å². The van der Waals surface area contributed by atoms with Gasteiger partial charge in [0.2, 0.25) is 5.70 Å². The van der Waals surface area contributed by atoms with E-state index in [1.807, 2.05) is 134 Å². The van der Waals surface area contributed by atoms with Crippen molar-refractivity contribution in [2.24, 2.45) is 17.2 Å². The first kappa shape index (κ1) is 72.6. The fourth-order valence-electron chi connectivity index (χ4n) is 13.3. The van der Waals surface area contributed by atoms with Gasteiger partial charge >= 0.3 is 0 Å². The van der Waals surface area contributed by atoms with Crippen LogP contribution in [-0.4, -0.2) is 117 Å². The van der Waals surface area contributed by atoms with Crippen LogP contribution in [-0.2, 0) is 14.4 Å². The molecule has 0 radical (unpaired) electrons. The number of anilines is 3. The second kappa shape index (κ2) is 31.5. The number of hydrogen-bond donors (Lipinski definition) is 6. The largest absolute Gasteiger partial charge is 0.457 e. The lowest BCUT2D eigenvalue weighted by atomic mass is 9.96. The minimum atomic E-state index is -0.688. The van der Waals surface area contributed by atoms with Crippen LogP contribution in [0.15, 0.2) is 188 Å². The highest BCUT2D eigenvalue weighted by molar-refractivity contribution is 6.41. The summed E-state index contributed by atoms with van der Waals surface area (Å²) in [5, 5.41) is 14.0. The first-order valence-corrected chi connectivity index (χ1v) is 34.2. The number of piperidine rings is 3. The lowest BCUT2D eigenvalue weighted by molar-refractivity contribution is -0.131. The van der Waals surface area contributed by atoms with Gasteiger partial charge in [-0.25, -0.2) is 18.9 Å². The van der Waals surface area contributed by atoms with Gasteiger partial charge in [-0.2, -0.15) is 15.3 Å². The van der Waals surface area contributed by atoms with Gasteiger partial charge < -0.3 is 63.3 Å². The molecule has 1 aliphatic carbocycles. The molecule has 4 aliphatic rings. The molecule has 6 heterocycles. The monoisotopic (exact) mass is 1420 g/mol. The van der Waals surface area contributed by atoms with Gasteiger partial charge in [-0.05, 0) is 187 Å². The number of hydrogen-bond acceptors (Lipinski definition) is 15. The molecule has 532 valence electrons. The molecule has 26 heteroatoms. The summed E-state index contributed by atoms with van der Waals surface area (Å²) in [6, 6.07) is 49.1. The number of primary amides is 3. The number of carbonyl (C=O) groups is 6. The minimum absolute atomic E-state index is 0.00303. The van der Waals surface area contributed by atoms with E-state index >= 15 is 0 Å². The van der Waals surface area contributed by atoms with Crippen LogP contribution in [0.25, 0.3) is 38.6 Å². The van der Waals surface area contributed by atoms with E-state index in [4.69, 9.17) is 71.9 Å². The number of rotatable bonds is 17. The van der Waals surface area contributed by atoms with Crippen molar-refractivity contribution in [1.82, 2.24) is 44.0 Å². The Hall–Kier alpha value is -12.6. The number of benzene rings is 6. The molecule has 13 rings (SSSR count). The van der Waals surface area contributed by atoms with Crippen LogP contribution in [0.2, 0.25) is 0 Å². The zero-order valence-electron chi connectivity index (χ0n) is 57.7. The summed E-state index contributed by atoms with van der Waals surface area (Å²) < 4.78 is 22.3. The first-order chi connectivity index (χ1) is 50.0. The zero-order valence-corrected chi connectivity index (χ0v) is 58.4. The normalized spacial score (nSPS) is 17.8. The highest BCUT2D eigenvalue weighted by Gasteiger charge is 2.53. The van der Waals surface area contributed by atoms with Crippen LogP contribution < -0.4 is 48.6 Å². The Labute approximate surface area is 606 Å². The molecule has 5 unspecified atom stereocenters. The Morgan fingerprint density at radius 2 is 0.817 bits per heavy atom. The van der Waals surface area contributed by atoms with Gasteiger partial charge in [0.1, 0.15) is 85.7 Å². The Kier molecular flexibility index (Phi) is 22.0. The van der Waals surface area contributed by atoms with Gasteiger partial charge in [0.25, 0.3) is 35.4 Å². The number of carbonyl (C=O) groups excluding carboxylic acids is 6. The summed E-state index contributed by atoms with van der Waals surface area (Å²) in [6.07, 6.45) is 6.47. The van der Waals surface area contributed by atoms with E-state index in [1.165, 1.54) is 0 Å². The fraction of sp³-hybridized carbons (Fsp3) is 0.256. The highest BCUT2D eigenvalue weighted by atomic mass is 35.5. The average Bonchev–Trinajstić information content (AvgIpc) is 1.59. The molecule has 25 nitrogen and oxygen atoms in total. The molecule has 12 N–H and O–H groups in total. The summed E-state index contributed by atoms with van der Waals surface area (Å²) in [7, 11) is 0. The van der Waals surface area contributed by atoms with Crippen molar-refractivity contribution >= 4 is 64.5 Å². The molecule has 0 bridgehead atoms. The second-order valence-electron chi connectivity index (χ2n) is 25.8. The van der Waals surface area contributed by atoms with Crippen LogP contribution in [0.1, 0.15) is 121 Å². The van der Waals surface area contributed by atoms with Crippen molar-refractivity contribution < 1.29 is 43.0 Å². The maximum Gasteiger partial charge on any atom is 0.298 e. The van der Waals surface area contributed by atoms with Crippen molar-refractivity contribution in [2.45, 2.75) is 108 Å². The van der Waals surface area contributed by atoms with Crippen LogP contribution in [0.3, 0.4) is 0 Å². The Morgan fingerprint density at radius 3 is 1.12 bits per heavy atom. The standard InChI is InChI=1S/C27H27N5O3.C26H26N6O3.C25H26ClN5O3/c1-2-6-22(33)31-17-19(13-14-27(31)15-16-27)32-25(28)23(26(29)34)24(30-32)18-9-11-21(12-10-18)35-20-7-4-3-5-8-20;1-16-9-12-19(15-31(16)26(34)17(2)29-3)32-24(27)22(25(28)33)23(30-32)18-10-13-21(14-11-18)35-20-7-5-4-6-8-20;1-15-8-11-18(14-30(15)25(33)16(2)26)31-23(27)21(24(28)32)22(29-31)17-9-12-20(13-10-17)34-19-6-4-3-5-7-19/h3-5,7-12,19H,13-17,28H2,1H3,(H2,29,34);4-8,10-11,13-14,16,19H,2,9,12,15,27H2,1H3,(H2,28,33);3-7,9-10,12-13,15,18H,2,8,11,14,27H2,1H3,(H2,28,32). The van der Waals surface area contributed by atoms with Crippen molar-refractivity contribution in [2.75, 3.05) is 36.8 Å². The molecule has 3 aliphatic heterocycles.